The van der Waals surface area contributed by atoms with Gasteiger partial charge in [0.15, 0.2) is 0 Å². The zero-order chi connectivity index (χ0) is 20.1. The van der Waals surface area contributed by atoms with Crippen LogP contribution < -0.4 is 10.2 Å². The summed E-state index contributed by atoms with van der Waals surface area (Å²) in [5, 5.41) is 3.19. The van der Waals surface area contributed by atoms with Gasteiger partial charge in [-0.25, -0.2) is 4.98 Å². The third kappa shape index (κ3) is 5.10. The predicted octanol–water partition coefficient (Wildman–Crippen LogP) is 3.55. The molecule has 1 aliphatic carbocycles. The summed E-state index contributed by atoms with van der Waals surface area (Å²) in [6.45, 7) is 3.54. The van der Waals surface area contributed by atoms with Crippen molar-refractivity contribution < 1.29 is 4.79 Å². The molecule has 1 aliphatic heterocycles. The maximum atomic E-state index is 12.7. The van der Waals surface area contributed by atoms with Gasteiger partial charge in [0, 0.05) is 25.7 Å². The quantitative estimate of drug-likeness (QED) is 0.702. The van der Waals surface area contributed by atoms with E-state index in [-0.39, 0.29) is 11.8 Å². The molecule has 4 rings (SSSR count). The van der Waals surface area contributed by atoms with E-state index in [0.717, 1.165) is 68.5 Å². The van der Waals surface area contributed by atoms with Crippen LogP contribution in [0, 0.1) is 5.92 Å². The molecule has 1 aromatic carbocycles. The van der Waals surface area contributed by atoms with E-state index in [9.17, 15) is 4.79 Å². The van der Waals surface area contributed by atoms with Gasteiger partial charge >= 0.3 is 0 Å². The fraction of sp³-hybridized carbons (Fsp3) is 0.652. The van der Waals surface area contributed by atoms with Crippen molar-refractivity contribution in [1.29, 1.82) is 0 Å². The summed E-state index contributed by atoms with van der Waals surface area (Å²) < 4.78 is 0. The number of amides is 1. The van der Waals surface area contributed by atoms with Gasteiger partial charge in [0.2, 0.25) is 11.9 Å². The average Bonchev–Trinajstić information content (AvgIpc) is 3.21. The number of aromatic nitrogens is 2. The molecule has 6 nitrogen and oxygen atoms in total. The highest BCUT2D eigenvalue weighted by Crippen LogP contribution is 2.24. The number of aromatic amines is 1. The van der Waals surface area contributed by atoms with Crippen LogP contribution in [0.2, 0.25) is 0 Å². The van der Waals surface area contributed by atoms with Crippen LogP contribution in [-0.2, 0) is 4.79 Å². The standard InChI is InChI=1S/C23H35N5O/c1-27(19-10-3-2-4-11-19)15-8-14-24-22(29)18-9-7-16-28(17-18)23-25-20-12-5-6-13-21(20)26-23/h5-6,12-13,18-19H,2-4,7-11,14-17H2,1H3,(H,24,29)(H,25,26)/t18-/m0/s1. The van der Waals surface area contributed by atoms with Gasteiger partial charge in [-0.15, -0.1) is 0 Å². The molecule has 2 heterocycles. The number of fused-ring (bicyclic) bond motifs is 1. The molecule has 0 unspecified atom stereocenters. The smallest absolute Gasteiger partial charge is 0.224 e. The van der Waals surface area contributed by atoms with Crippen LogP contribution in [0.15, 0.2) is 24.3 Å². The summed E-state index contributed by atoms with van der Waals surface area (Å²) in [6, 6.07) is 8.83. The van der Waals surface area contributed by atoms with Gasteiger partial charge in [-0.3, -0.25) is 4.79 Å². The third-order valence-corrected chi connectivity index (χ3v) is 6.65. The Kier molecular flexibility index (Phi) is 6.70. The number of nitrogens with zero attached hydrogens (tertiary/aromatic N) is 3. The number of carbonyl (C=O) groups is 1. The number of hydrogen-bond donors (Lipinski definition) is 2. The molecule has 0 spiro atoms. The van der Waals surface area contributed by atoms with Crippen molar-refractivity contribution >= 4 is 22.9 Å². The van der Waals surface area contributed by atoms with Gasteiger partial charge < -0.3 is 20.1 Å². The number of rotatable bonds is 7. The lowest BCUT2D eigenvalue weighted by Gasteiger charge is -2.32. The van der Waals surface area contributed by atoms with Crippen LogP contribution in [0.5, 0.6) is 0 Å². The van der Waals surface area contributed by atoms with E-state index in [1.165, 1.54) is 32.1 Å². The number of para-hydroxylation sites is 2. The Bertz CT molecular complexity index is 764. The number of benzene rings is 1. The molecule has 1 aromatic heterocycles. The predicted molar refractivity (Wildman–Crippen MR) is 118 cm³/mol. The molecule has 2 aromatic rings. The molecule has 0 bridgehead atoms. The van der Waals surface area contributed by atoms with Gasteiger partial charge in [-0.2, -0.15) is 0 Å². The SMILES string of the molecule is CN(CCCNC(=O)[C@H]1CCCN(c2nc3ccccc3[nH]2)C1)C1CCCCC1. The Balaban J connectivity index is 1.22. The molecule has 1 amide bonds. The lowest BCUT2D eigenvalue weighted by atomic mass is 9.94. The first-order valence-electron chi connectivity index (χ1n) is 11.4. The fourth-order valence-corrected chi connectivity index (χ4v) is 4.86. The molecule has 158 valence electrons. The van der Waals surface area contributed by atoms with Gasteiger partial charge in [-0.1, -0.05) is 31.4 Å². The van der Waals surface area contributed by atoms with Crippen molar-refractivity contribution in [2.24, 2.45) is 5.92 Å². The molecule has 29 heavy (non-hydrogen) atoms. The Labute approximate surface area is 174 Å². The zero-order valence-corrected chi connectivity index (χ0v) is 17.7. The van der Waals surface area contributed by atoms with Crippen LogP contribution in [-0.4, -0.2) is 60.0 Å². The normalized spacial score (nSPS) is 21.0. The van der Waals surface area contributed by atoms with Crippen molar-refractivity contribution in [2.75, 3.05) is 38.1 Å². The zero-order valence-electron chi connectivity index (χ0n) is 17.7. The summed E-state index contributed by atoms with van der Waals surface area (Å²) in [5.41, 5.74) is 2.03. The summed E-state index contributed by atoms with van der Waals surface area (Å²) in [7, 11) is 2.24. The summed E-state index contributed by atoms with van der Waals surface area (Å²) in [6.07, 6.45) is 9.82. The summed E-state index contributed by atoms with van der Waals surface area (Å²) >= 11 is 0. The van der Waals surface area contributed by atoms with Crippen molar-refractivity contribution in [3.63, 3.8) is 0 Å². The van der Waals surface area contributed by atoms with Gasteiger partial charge in [0.1, 0.15) is 0 Å². The van der Waals surface area contributed by atoms with Gasteiger partial charge in [0.25, 0.3) is 0 Å². The number of nitrogens with one attached hydrogen (secondary N) is 2. The van der Waals surface area contributed by atoms with Crippen molar-refractivity contribution in [3.05, 3.63) is 24.3 Å². The minimum atomic E-state index is 0.0491. The second-order valence-corrected chi connectivity index (χ2v) is 8.78. The van der Waals surface area contributed by atoms with E-state index in [4.69, 9.17) is 4.98 Å². The Morgan fingerprint density at radius 3 is 2.86 bits per heavy atom. The van der Waals surface area contributed by atoms with E-state index in [1.807, 2.05) is 24.3 Å². The molecular weight excluding hydrogens is 362 g/mol. The van der Waals surface area contributed by atoms with E-state index in [0.29, 0.717) is 0 Å². The van der Waals surface area contributed by atoms with E-state index >= 15 is 0 Å². The Morgan fingerprint density at radius 2 is 2.03 bits per heavy atom. The van der Waals surface area contributed by atoms with Crippen LogP contribution >= 0.6 is 0 Å². The fourth-order valence-electron chi connectivity index (χ4n) is 4.86. The number of H-pyrrole nitrogens is 1. The molecule has 0 radical (unpaired) electrons. The van der Waals surface area contributed by atoms with Crippen molar-refractivity contribution in [2.45, 2.75) is 57.4 Å². The van der Waals surface area contributed by atoms with Crippen molar-refractivity contribution in [1.82, 2.24) is 20.2 Å². The highest BCUT2D eigenvalue weighted by Gasteiger charge is 2.27. The van der Waals surface area contributed by atoms with Crippen LogP contribution in [0.4, 0.5) is 5.95 Å². The number of piperidine rings is 1. The van der Waals surface area contributed by atoms with Crippen LogP contribution in [0.3, 0.4) is 0 Å². The number of imidazole rings is 1. The first-order valence-corrected chi connectivity index (χ1v) is 11.4. The maximum absolute atomic E-state index is 12.7. The first kappa shape index (κ1) is 20.2. The van der Waals surface area contributed by atoms with Crippen molar-refractivity contribution in [3.8, 4) is 0 Å². The number of hydrogen-bond acceptors (Lipinski definition) is 4. The minimum absolute atomic E-state index is 0.0491. The Morgan fingerprint density at radius 1 is 1.21 bits per heavy atom. The number of anilines is 1. The third-order valence-electron chi connectivity index (χ3n) is 6.65. The molecular formula is C23H35N5O. The molecule has 2 aliphatic rings. The van der Waals surface area contributed by atoms with E-state index in [1.54, 1.807) is 0 Å². The monoisotopic (exact) mass is 397 g/mol. The summed E-state index contributed by atoms with van der Waals surface area (Å²) in [4.78, 5) is 25.5. The lowest BCUT2D eigenvalue weighted by Crippen LogP contribution is -2.44. The first-order chi connectivity index (χ1) is 14.2. The highest BCUT2D eigenvalue weighted by atomic mass is 16.1. The highest BCUT2D eigenvalue weighted by molar-refractivity contribution is 5.80. The largest absolute Gasteiger partial charge is 0.356 e. The second-order valence-electron chi connectivity index (χ2n) is 8.78. The molecule has 6 heteroatoms. The summed E-state index contributed by atoms with van der Waals surface area (Å²) in [5.74, 6) is 1.14. The molecule has 2 N–H and O–H groups in total. The van der Waals surface area contributed by atoms with E-state index in [2.05, 4.69) is 27.1 Å². The number of carbonyl (C=O) groups excluding carboxylic acids is 1. The molecule has 2 fully saturated rings. The minimum Gasteiger partial charge on any atom is -0.356 e. The molecule has 1 saturated heterocycles. The Hall–Kier alpha value is -2.08. The average molecular weight is 398 g/mol. The van der Waals surface area contributed by atoms with Crippen LogP contribution in [0.1, 0.15) is 51.4 Å². The maximum Gasteiger partial charge on any atom is 0.224 e. The van der Waals surface area contributed by atoms with Crippen LogP contribution in [0.25, 0.3) is 11.0 Å². The van der Waals surface area contributed by atoms with E-state index < -0.39 is 0 Å². The topological polar surface area (TPSA) is 64.3 Å². The lowest BCUT2D eigenvalue weighted by molar-refractivity contribution is -0.125. The molecule has 1 atom stereocenters. The molecule has 1 saturated carbocycles. The van der Waals surface area contributed by atoms with Gasteiger partial charge in [0.05, 0.1) is 17.0 Å². The second kappa shape index (κ2) is 9.61. The van der Waals surface area contributed by atoms with Gasteiger partial charge in [-0.05, 0) is 57.8 Å².